The van der Waals surface area contributed by atoms with E-state index in [1.807, 2.05) is 25.5 Å². The van der Waals surface area contributed by atoms with Crippen LogP contribution in [-0.2, 0) is 20.0 Å². The molecule has 3 heterocycles. The van der Waals surface area contributed by atoms with Crippen LogP contribution in [0, 0.1) is 0 Å². The molecule has 3 rings (SSSR count). The monoisotopic (exact) mass is 284 g/mol. The normalized spacial score (nSPS) is 12.9. The number of pyridine rings is 1. The minimum Gasteiger partial charge on any atom is -0.327 e. The SMILES string of the molecule is CCC(N)Cc1cn(Cc2cn(C)nn2)c2ncccc12. The number of fused-ring (bicyclic) bond motifs is 1. The van der Waals surface area contributed by atoms with E-state index in [0.29, 0.717) is 6.54 Å². The maximum Gasteiger partial charge on any atom is 0.140 e. The fraction of sp³-hybridized carbons (Fsp3) is 0.400. The first kappa shape index (κ1) is 13.8. The van der Waals surface area contributed by atoms with Crippen molar-refractivity contribution < 1.29 is 0 Å². The van der Waals surface area contributed by atoms with Crippen LogP contribution in [-0.4, -0.2) is 30.6 Å². The second-order valence-corrected chi connectivity index (χ2v) is 5.41. The molecule has 0 bridgehead atoms. The Morgan fingerprint density at radius 1 is 1.33 bits per heavy atom. The standard InChI is InChI=1S/C15H20N6/c1-3-12(16)7-11-8-21(10-13-9-20(2)19-18-13)15-14(11)5-4-6-17-15/h4-6,8-9,12H,3,7,10,16H2,1-2H3. The van der Waals surface area contributed by atoms with Crippen molar-refractivity contribution in [3.8, 4) is 0 Å². The molecule has 0 amide bonds. The molecule has 0 saturated carbocycles. The fourth-order valence-corrected chi connectivity index (χ4v) is 2.55. The summed E-state index contributed by atoms with van der Waals surface area (Å²) in [5, 5.41) is 9.29. The third kappa shape index (κ3) is 2.80. The molecule has 0 aliphatic carbocycles. The zero-order chi connectivity index (χ0) is 14.8. The van der Waals surface area contributed by atoms with Crippen LogP contribution in [0.15, 0.2) is 30.7 Å². The molecule has 0 spiro atoms. The Morgan fingerprint density at radius 3 is 2.90 bits per heavy atom. The van der Waals surface area contributed by atoms with Gasteiger partial charge in [-0.15, -0.1) is 5.10 Å². The summed E-state index contributed by atoms with van der Waals surface area (Å²) in [6, 6.07) is 4.25. The van der Waals surface area contributed by atoms with Gasteiger partial charge in [0.1, 0.15) is 11.3 Å². The highest BCUT2D eigenvalue weighted by molar-refractivity contribution is 5.80. The summed E-state index contributed by atoms with van der Waals surface area (Å²) in [4.78, 5) is 4.51. The summed E-state index contributed by atoms with van der Waals surface area (Å²) in [5.74, 6) is 0. The molecule has 1 atom stereocenters. The quantitative estimate of drug-likeness (QED) is 0.770. The minimum absolute atomic E-state index is 0.181. The Labute approximate surface area is 123 Å². The van der Waals surface area contributed by atoms with E-state index >= 15 is 0 Å². The van der Waals surface area contributed by atoms with E-state index in [0.717, 1.165) is 24.2 Å². The minimum atomic E-state index is 0.181. The molecule has 0 radical (unpaired) electrons. The third-order valence-electron chi connectivity index (χ3n) is 3.71. The number of aryl methyl sites for hydroxylation is 1. The maximum atomic E-state index is 6.11. The van der Waals surface area contributed by atoms with Gasteiger partial charge in [-0.05, 0) is 30.5 Å². The molecule has 0 aliphatic heterocycles. The Bertz CT molecular complexity index is 742. The van der Waals surface area contributed by atoms with Crippen LogP contribution >= 0.6 is 0 Å². The summed E-state index contributed by atoms with van der Waals surface area (Å²) >= 11 is 0. The molecule has 1 unspecified atom stereocenters. The molecule has 3 aromatic rings. The van der Waals surface area contributed by atoms with Gasteiger partial charge in [-0.3, -0.25) is 4.68 Å². The Balaban J connectivity index is 1.98. The molecule has 110 valence electrons. The maximum absolute atomic E-state index is 6.11. The van der Waals surface area contributed by atoms with Crippen LogP contribution in [0.3, 0.4) is 0 Å². The number of hydrogen-bond acceptors (Lipinski definition) is 4. The summed E-state index contributed by atoms with van der Waals surface area (Å²) < 4.78 is 3.83. The average molecular weight is 284 g/mol. The molecule has 0 aliphatic rings. The average Bonchev–Trinajstić information content (AvgIpc) is 3.04. The van der Waals surface area contributed by atoms with Gasteiger partial charge in [0.05, 0.1) is 6.54 Å². The zero-order valence-electron chi connectivity index (χ0n) is 12.4. The van der Waals surface area contributed by atoms with Crippen LogP contribution in [0.1, 0.15) is 24.6 Å². The van der Waals surface area contributed by atoms with Gasteiger partial charge in [-0.1, -0.05) is 12.1 Å². The second-order valence-electron chi connectivity index (χ2n) is 5.41. The van der Waals surface area contributed by atoms with Gasteiger partial charge in [0.2, 0.25) is 0 Å². The Hall–Kier alpha value is -2.21. The van der Waals surface area contributed by atoms with Crippen molar-refractivity contribution in [1.82, 2.24) is 24.5 Å². The van der Waals surface area contributed by atoms with Crippen molar-refractivity contribution in [3.05, 3.63) is 42.0 Å². The predicted molar refractivity (Wildman–Crippen MR) is 81.8 cm³/mol. The summed E-state index contributed by atoms with van der Waals surface area (Å²) in [5.41, 5.74) is 9.25. The summed E-state index contributed by atoms with van der Waals surface area (Å²) in [7, 11) is 1.87. The molecule has 0 aromatic carbocycles. The Morgan fingerprint density at radius 2 is 2.19 bits per heavy atom. The second kappa shape index (κ2) is 5.65. The number of nitrogens with zero attached hydrogens (tertiary/aromatic N) is 5. The van der Waals surface area contributed by atoms with E-state index in [9.17, 15) is 0 Å². The van der Waals surface area contributed by atoms with E-state index < -0.39 is 0 Å². The number of rotatable bonds is 5. The van der Waals surface area contributed by atoms with Crippen LogP contribution in [0.25, 0.3) is 11.0 Å². The molecule has 0 fully saturated rings. The van der Waals surface area contributed by atoms with E-state index in [2.05, 4.69) is 39.1 Å². The Kier molecular flexibility index (Phi) is 3.70. The van der Waals surface area contributed by atoms with Crippen LogP contribution in [0.5, 0.6) is 0 Å². The van der Waals surface area contributed by atoms with Crippen molar-refractivity contribution in [1.29, 1.82) is 0 Å². The first-order valence-corrected chi connectivity index (χ1v) is 7.21. The topological polar surface area (TPSA) is 74.5 Å². The van der Waals surface area contributed by atoms with Gasteiger partial charge in [-0.2, -0.15) is 0 Å². The first-order chi connectivity index (χ1) is 10.2. The number of aromatic nitrogens is 5. The number of nitrogens with two attached hydrogens (primary N) is 1. The van der Waals surface area contributed by atoms with Gasteiger partial charge in [0.15, 0.2) is 0 Å². The highest BCUT2D eigenvalue weighted by atomic mass is 15.4. The van der Waals surface area contributed by atoms with E-state index in [-0.39, 0.29) is 6.04 Å². The lowest BCUT2D eigenvalue weighted by Crippen LogP contribution is -2.21. The van der Waals surface area contributed by atoms with E-state index in [1.54, 1.807) is 4.68 Å². The molecule has 21 heavy (non-hydrogen) atoms. The number of hydrogen-bond donors (Lipinski definition) is 1. The molecule has 6 nitrogen and oxygen atoms in total. The van der Waals surface area contributed by atoms with Crippen molar-refractivity contribution >= 4 is 11.0 Å². The van der Waals surface area contributed by atoms with Crippen LogP contribution in [0.2, 0.25) is 0 Å². The largest absolute Gasteiger partial charge is 0.327 e. The zero-order valence-corrected chi connectivity index (χ0v) is 12.4. The van der Waals surface area contributed by atoms with Crippen LogP contribution in [0.4, 0.5) is 0 Å². The van der Waals surface area contributed by atoms with Gasteiger partial charge in [0.25, 0.3) is 0 Å². The van der Waals surface area contributed by atoms with Crippen molar-refractivity contribution in [2.75, 3.05) is 0 Å². The molecular weight excluding hydrogens is 264 g/mol. The van der Waals surface area contributed by atoms with Gasteiger partial charge < -0.3 is 10.3 Å². The van der Waals surface area contributed by atoms with Crippen molar-refractivity contribution in [3.63, 3.8) is 0 Å². The smallest absolute Gasteiger partial charge is 0.140 e. The van der Waals surface area contributed by atoms with Crippen molar-refractivity contribution in [2.24, 2.45) is 12.8 Å². The van der Waals surface area contributed by atoms with Crippen molar-refractivity contribution in [2.45, 2.75) is 32.4 Å². The van der Waals surface area contributed by atoms with E-state index in [4.69, 9.17) is 5.73 Å². The fourth-order valence-electron chi connectivity index (χ4n) is 2.55. The van der Waals surface area contributed by atoms with Gasteiger partial charge in [0, 0.05) is 37.1 Å². The molecule has 0 saturated heterocycles. The summed E-state index contributed by atoms with van der Waals surface area (Å²) in [6.45, 7) is 2.78. The van der Waals surface area contributed by atoms with Gasteiger partial charge in [-0.25, -0.2) is 4.98 Å². The lowest BCUT2D eigenvalue weighted by molar-refractivity contribution is 0.646. The van der Waals surface area contributed by atoms with Crippen LogP contribution < -0.4 is 5.73 Å². The van der Waals surface area contributed by atoms with E-state index in [1.165, 1.54) is 10.9 Å². The first-order valence-electron chi connectivity index (χ1n) is 7.21. The highest BCUT2D eigenvalue weighted by Gasteiger charge is 2.12. The lowest BCUT2D eigenvalue weighted by Gasteiger charge is -2.06. The highest BCUT2D eigenvalue weighted by Crippen LogP contribution is 2.21. The molecule has 2 N–H and O–H groups in total. The molecular formula is C15H20N6. The lowest BCUT2D eigenvalue weighted by atomic mass is 10.1. The third-order valence-corrected chi connectivity index (χ3v) is 3.71. The molecule has 3 aromatic heterocycles. The molecule has 6 heteroatoms. The predicted octanol–water partition coefficient (Wildman–Crippen LogP) is 1.49. The summed E-state index contributed by atoms with van der Waals surface area (Å²) in [6.07, 6.45) is 7.72. The van der Waals surface area contributed by atoms with Gasteiger partial charge >= 0.3 is 0 Å².